The van der Waals surface area contributed by atoms with Gasteiger partial charge in [-0.1, -0.05) is 24.3 Å². The van der Waals surface area contributed by atoms with Crippen LogP contribution in [0.5, 0.6) is 5.75 Å². The summed E-state index contributed by atoms with van der Waals surface area (Å²) in [4.78, 5) is 14.0. The maximum Gasteiger partial charge on any atom is 0.573 e. The number of para-hydroxylation sites is 1. The number of methoxy groups -OCH3 is 1. The van der Waals surface area contributed by atoms with E-state index in [2.05, 4.69) is 9.46 Å². The number of rotatable bonds is 9. The van der Waals surface area contributed by atoms with Crippen LogP contribution in [-0.4, -0.2) is 52.9 Å². The molecule has 0 atom stereocenters. The molecule has 1 N–H and O–H groups in total. The number of ether oxygens (including phenoxy) is 2. The Bertz CT molecular complexity index is 1030. The van der Waals surface area contributed by atoms with E-state index in [9.17, 15) is 26.4 Å². The first-order chi connectivity index (χ1) is 14.4. The number of hydrogen-bond donors (Lipinski definition) is 1. The number of hydrogen-bond acceptors (Lipinski definition) is 5. The van der Waals surface area contributed by atoms with Gasteiger partial charge in [0.25, 0.3) is 5.91 Å². The first kappa shape index (κ1) is 24.6. The molecule has 2 aromatic carbocycles. The Morgan fingerprint density at radius 3 is 2.48 bits per heavy atom. The number of benzene rings is 2. The monoisotopic (exact) mass is 460 g/mol. The second kappa shape index (κ2) is 10.1. The molecule has 0 radical (unpaired) electrons. The maximum atomic E-state index is 12.9. The second-order valence-electron chi connectivity index (χ2n) is 6.68. The zero-order valence-electron chi connectivity index (χ0n) is 17.2. The van der Waals surface area contributed by atoms with E-state index in [1.165, 1.54) is 55.5 Å². The quantitative estimate of drug-likeness (QED) is 0.582. The summed E-state index contributed by atoms with van der Waals surface area (Å²) in [6, 6.07) is 9.59. The van der Waals surface area contributed by atoms with Crippen molar-refractivity contribution < 1.29 is 35.9 Å². The number of alkyl halides is 3. The summed E-state index contributed by atoms with van der Waals surface area (Å²) in [6.45, 7) is 1.70. The zero-order chi connectivity index (χ0) is 23.2. The van der Waals surface area contributed by atoms with Crippen LogP contribution in [0.1, 0.15) is 21.5 Å². The highest BCUT2D eigenvalue weighted by atomic mass is 32.2. The van der Waals surface area contributed by atoms with Crippen molar-refractivity contribution in [3.05, 3.63) is 59.2 Å². The minimum absolute atomic E-state index is 0.0614. The van der Waals surface area contributed by atoms with E-state index in [0.29, 0.717) is 5.56 Å². The van der Waals surface area contributed by atoms with Crippen molar-refractivity contribution in [3.63, 3.8) is 0 Å². The molecule has 0 fully saturated rings. The molecule has 0 saturated carbocycles. The number of sulfonamides is 1. The Morgan fingerprint density at radius 1 is 1.16 bits per heavy atom. The highest BCUT2D eigenvalue weighted by molar-refractivity contribution is 7.89. The molecule has 0 unspecified atom stereocenters. The Hall–Kier alpha value is -2.63. The van der Waals surface area contributed by atoms with Crippen molar-refractivity contribution in [2.45, 2.75) is 24.7 Å². The molecule has 0 aromatic heterocycles. The van der Waals surface area contributed by atoms with Gasteiger partial charge < -0.3 is 14.4 Å². The van der Waals surface area contributed by atoms with Gasteiger partial charge in [0.15, 0.2) is 0 Å². The average Bonchev–Trinajstić information content (AvgIpc) is 2.68. The molecule has 7 nitrogen and oxygen atoms in total. The summed E-state index contributed by atoms with van der Waals surface area (Å²) in [5.41, 5.74) is 0.789. The summed E-state index contributed by atoms with van der Waals surface area (Å²) in [5.74, 6) is -0.960. The van der Waals surface area contributed by atoms with E-state index in [1.807, 2.05) is 0 Å². The normalized spacial score (nSPS) is 11.9. The fourth-order valence-electron chi connectivity index (χ4n) is 2.75. The van der Waals surface area contributed by atoms with Crippen LogP contribution in [0.15, 0.2) is 47.4 Å². The van der Waals surface area contributed by atoms with E-state index in [1.54, 1.807) is 6.92 Å². The molecule has 0 bridgehead atoms. The lowest BCUT2D eigenvalue weighted by Crippen LogP contribution is -2.29. The van der Waals surface area contributed by atoms with E-state index in [-0.39, 0.29) is 35.7 Å². The molecule has 31 heavy (non-hydrogen) atoms. The zero-order valence-corrected chi connectivity index (χ0v) is 18.0. The standard InChI is InChI=1S/C20H23F3N2O5S/c1-14-8-9-16(31(27,28)24-10-11-29-3)12-17(14)19(26)25(2)13-15-6-4-5-7-18(15)30-20(21,22)23/h4-9,12,24H,10-11,13H2,1-3H3. The van der Waals surface area contributed by atoms with Gasteiger partial charge in [-0.15, -0.1) is 13.2 Å². The van der Waals surface area contributed by atoms with E-state index < -0.39 is 28.0 Å². The third-order valence-corrected chi connectivity index (χ3v) is 5.76. The van der Waals surface area contributed by atoms with Gasteiger partial charge in [-0.05, 0) is 30.7 Å². The van der Waals surface area contributed by atoms with Gasteiger partial charge in [0, 0.05) is 38.4 Å². The summed E-state index contributed by atoms with van der Waals surface area (Å²) < 4.78 is 73.9. The molecule has 2 rings (SSSR count). The Kier molecular flexibility index (Phi) is 8.04. The number of amides is 1. The van der Waals surface area contributed by atoms with Crippen LogP contribution in [0.2, 0.25) is 0 Å². The van der Waals surface area contributed by atoms with Crippen molar-refractivity contribution in [1.29, 1.82) is 0 Å². The van der Waals surface area contributed by atoms with Crippen molar-refractivity contribution in [2.24, 2.45) is 0 Å². The fraction of sp³-hybridized carbons (Fsp3) is 0.350. The van der Waals surface area contributed by atoms with E-state index in [0.717, 1.165) is 6.07 Å². The topological polar surface area (TPSA) is 84.9 Å². The van der Waals surface area contributed by atoms with Crippen LogP contribution in [-0.2, 0) is 21.3 Å². The molecular formula is C20H23F3N2O5S. The minimum Gasteiger partial charge on any atom is -0.405 e. The van der Waals surface area contributed by atoms with Crippen LogP contribution in [0.3, 0.4) is 0 Å². The number of halogens is 3. The lowest BCUT2D eigenvalue weighted by atomic mass is 10.1. The first-order valence-corrected chi connectivity index (χ1v) is 10.6. The van der Waals surface area contributed by atoms with Crippen LogP contribution >= 0.6 is 0 Å². The van der Waals surface area contributed by atoms with Crippen LogP contribution in [0, 0.1) is 6.92 Å². The van der Waals surface area contributed by atoms with Gasteiger partial charge in [0.1, 0.15) is 5.75 Å². The highest BCUT2D eigenvalue weighted by Crippen LogP contribution is 2.27. The maximum absolute atomic E-state index is 12.9. The Labute approximate surface area is 178 Å². The summed E-state index contributed by atoms with van der Waals surface area (Å²) in [5, 5.41) is 0. The summed E-state index contributed by atoms with van der Waals surface area (Å²) >= 11 is 0. The minimum atomic E-state index is -4.87. The van der Waals surface area contributed by atoms with Gasteiger partial charge in [0.2, 0.25) is 10.0 Å². The number of carbonyl (C=O) groups excluding carboxylic acids is 1. The van der Waals surface area contributed by atoms with Crippen LogP contribution in [0.25, 0.3) is 0 Å². The third kappa shape index (κ3) is 6.94. The molecule has 0 aliphatic carbocycles. The lowest BCUT2D eigenvalue weighted by molar-refractivity contribution is -0.275. The molecule has 0 aliphatic heterocycles. The van der Waals surface area contributed by atoms with Crippen LogP contribution < -0.4 is 9.46 Å². The fourth-order valence-corrected chi connectivity index (χ4v) is 3.79. The first-order valence-electron chi connectivity index (χ1n) is 9.13. The third-order valence-electron chi connectivity index (χ3n) is 4.30. The molecule has 11 heteroatoms. The number of nitrogens with zero attached hydrogens (tertiary/aromatic N) is 1. The highest BCUT2D eigenvalue weighted by Gasteiger charge is 2.32. The molecule has 0 saturated heterocycles. The smallest absolute Gasteiger partial charge is 0.405 e. The molecule has 1 amide bonds. The van der Waals surface area contributed by atoms with Gasteiger partial charge in [-0.2, -0.15) is 0 Å². The molecular weight excluding hydrogens is 437 g/mol. The van der Waals surface area contributed by atoms with Crippen molar-refractivity contribution >= 4 is 15.9 Å². The predicted molar refractivity (Wildman–Crippen MR) is 107 cm³/mol. The van der Waals surface area contributed by atoms with Crippen LogP contribution in [0.4, 0.5) is 13.2 Å². The van der Waals surface area contributed by atoms with Gasteiger partial charge >= 0.3 is 6.36 Å². The lowest BCUT2D eigenvalue weighted by Gasteiger charge is -2.21. The SMILES string of the molecule is COCCNS(=O)(=O)c1ccc(C)c(C(=O)N(C)Cc2ccccc2OC(F)(F)F)c1. The van der Waals surface area contributed by atoms with Gasteiger partial charge in [0.05, 0.1) is 11.5 Å². The predicted octanol–water partition coefficient (Wildman–Crippen LogP) is 3.09. The molecule has 170 valence electrons. The average molecular weight is 460 g/mol. The molecule has 2 aromatic rings. The summed E-state index contributed by atoms with van der Waals surface area (Å²) in [6.07, 6.45) is -4.87. The number of carbonyl (C=O) groups is 1. The Balaban J connectivity index is 2.25. The number of nitrogens with one attached hydrogen (secondary N) is 1. The van der Waals surface area contributed by atoms with Gasteiger partial charge in [-0.25, -0.2) is 13.1 Å². The number of aryl methyl sites for hydroxylation is 1. The Morgan fingerprint density at radius 2 is 1.84 bits per heavy atom. The molecule has 0 heterocycles. The van der Waals surface area contributed by atoms with Crippen molar-refractivity contribution in [2.75, 3.05) is 27.3 Å². The molecule has 0 aliphatic rings. The second-order valence-corrected chi connectivity index (χ2v) is 8.45. The van der Waals surface area contributed by atoms with E-state index >= 15 is 0 Å². The van der Waals surface area contributed by atoms with Crippen molar-refractivity contribution in [3.8, 4) is 5.75 Å². The molecule has 0 spiro atoms. The van der Waals surface area contributed by atoms with Gasteiger partial charge in [-0.3, -0.25) is 4.79 Å². The summed E-state index contributed by atoms with van der Waals surface area (Å²) in [7, 11) is -1.02. The van der Waals surface area contributed by atoms with Crippen molar-refractivity contribution in [1.82, 2.24) is 9.62 Å². The largest absolute Gasteiger partial charge is 0.573 e. The van der Waals surface area contributed by atoms with E-state index in [4.69, 9.17) is 4.74 Å².